The minimum absolute atomic E-state index is 0.222. The van der Waals surface area contributed by atoms with Crippen LogP contribution in [-0.2, 0) is 4.79 Å². The normalized spacial score (nSPS) is 10.9. The standard InChI is InChI=1S/C19H15ClN2O2/c1-24-15-7-8-17-16(12-15)18(10-11-21-17)22-19(23)9-4-13-2-5-14(20)6-3-13/h2-12H,1H3,(H,21,22,23)/b9-4+. The van der Waals surface area contributed by atoms with Crippen molar-refractivity contribution in [1.82, 2.24) is 4.98 Å². The Hall–Kier alpha value is -2.85. The first-order valence-corrected chi connectivity index (χ1v) is 7.71. The van der Waals surface area contributed by atoms with Crippen molar-refractivity contribution in [2.45, 2.75) is 0 Å². The van der Waals surface area contributed by atoms with Gasteiger partial charge in [-0.1, -0.05) is 23.7 Å². The number of pyridine rings is 1. The van der Waals surface area contributed by atoms with E-state index in [1.165, 1.54) is 6.08 Å². The summed E-state index contributed by atoms with van der Waals surface area (Å²) in [5.74, 6) is 0.489. The Morgan fingerprint density at radius 3 is 2.71 bits per heavy atom. The van der Waals surface area contributed by atoms with Crippen LogP contribution in [0.5, 0.6) is 5.75 Å². The van der Waals surface area contributed by atoms with Gasteiger partial charge in [-0.15, -0.1) is 0 Å². The maximum Gasteiger partial charge on any atom is 0.248 e. The number of carbonyl (C=O) groups excluding carboxylic acids is 1. The van der Waals surface area contributed by atoms with Crippen molar-refractivity contribution in [3.8, 4) is 5.75 Å². The number of ether oxygens (including phenoxy) is 1. The lowest BCUT2D eigenvalue weighted by Crippen LogP contribution is -2.08. The van der Waals surface area contributed by atoms with Gasteiger partial charge in [0, 0.05) is 22.7 Å². The minimum Gasteiger partial charge on any atom is -0.497 e. The zero-order chi connectivity index (χ0) is 16.9. The van der Waals surface area contributed by atoms with E-state index in [2.05, 4.69) is 10.3 Å². The first-order chi connectivity index (χ1) is 11.7. The summed E-state index contributed by atoms with van der Waals surface area (Å²) in [7, 11) is 1.60. The molecule has 1 amide bonds. The van der Waals surface area contributed by atoms with Gasteiger partial charge in [0.05, 0.1) is 18.3 Å². The summed E-state index contributed by atoms with van der Waals surface area (Å²) in [5, 5.41) is 4.36. The second kappa shape index (κ2) is 7.15. The van der Waals surface area contributed by atoms with Gasteiger partial charge in [0.15, 0.2) is 0 Å². The molecule has 0 radical (unpaired) electrons. The van der Waals surface area contributed by atoms with E-state index in [0.717, 1.165) is 16.5 Å². The van der Waals surface area contributed by atoms with Gasteiger partial charge in [0.2, 0.25) is 5.91 Å². The van der Waals surface area contributed by atoms with E-state index in [4.69, 9.17) is 16.3 Å². The van der Waals surface area contributed by atoms with Crippen LogP contribution in [0.25, 0.3) is 17.0 Å². The summed E-state index contributed by atoms with van der Waals surface area (Å²) in [5.41, 5.74) is 2.37. The van der Waals surface area contributed by atoms with E-state index in [9.17, 15) is 4.79 Å². The molecule has 0 aliphatic heterocycles. The highest BCUT2D eigenvalue weighted by molar-refractivity contribution is 6.30. The number of nitrogens with one attached hydrogen (secondary N) is 1. The van der Waals surface area contributed by atoms with Crippen LogP contribution in [-0.4, -0.2) is 18.0 Å². The highest BCUT2D eigenvalue weighted by atomic mass is 35.5. The Bertz CT molecular complexity index is 905. The molecule has 0 saturated heterocycles. The number of aromatic nitrogens is 1. The molecule has 3 rings (SSSR count). The van der Waals surface area contributed by atoms with Crippen LogP contribution in [0.15, 0.2) is 60.8 Å². The number of halogens is 1. The second-order valence-electron chi connectivity index (χ2n) is 5.12. The van der Waals surface area contributed by atoms with Gasteiger partial charge in [-0.25, -0.2) is 0 Å². The fourth-order valence-electron chi connectivity index (χ4n) is 2.28. The maximum absolute atomic E-state index is 12.2. The first-order valence-electron chi connectivity index (χ1n) is 7.33. The molecule has 4 nitrogen and oxygen atoms in total. The predicted octanol–water partition coefficient (Wildman–Crippen LogP) is 4.55. The van der Waals surface area contributed by atoms with Gasteiger partial charge >= 0.3 is 0 Å². The number of nitrogens with zero attached hydrogens (tertiary/aromatic N) is 1. The Morgan fingerprint density at radius 2 is 1.96 bits per heavy atom. The van der Waals surface area contributed by atoms with Crippen LogP contribution in [0.4, 0.5) is 5.69 Å². The Kier molecular flexibility index (Phi) is 4.77. The molecule has 5 heteroatoms. The summed E-state index contributed by atoms with van der Waals surface area (Å²) in [6, 6.07) is 14.5. The third kappa shape index (κ3) is 3.73. The van der Waals surface area contributed by atoms with E-state index in [-0.39, 0.29) is 5.91 Å². The van der Waals surface area contributed by atoms with Gasteiger partial charge in [-0.3, -0.25) is 9.78 Å². The van der Waals surface area contributed by atoms with Crippen molar-refractivity contribution in [1.29, 1.82) is 0 Å². The zero-order valence-electron chi connectivity index (χ0n) is 13.0. The number of benzene rings is 2. The number of anilines is 1. The predicted molar refractivity (Wildman–Crippen MR) is 97.4 cm³/mol. The van der Waals surface area contributed by atoms with E-state index < -0.39 is 0 Å². The number of carbonyl (C=O) groups is 1. The molecule has 2 aromatic carbocycles. The monoisotopic (exact) mass is 338 g/mol. The van der Waals surface area contributed by atoms with E-state index in [0.29, 0.717) is 16.5 Å². The van der Waals surface area contributed by atoms with Gasteiger partial charge < -0.3 is 10.1 Å². The molecule has 0 unspecified atom stereocenters. The minimum atomic E-state index is -0.222. The van der Waals surface area contributed by atoms with Crippen LogP contribution in [0.2, 0.25) is 5.02 Å². The summed E-state index contributed by atoms with van der Waals surface area (Å²) in [6.45, 7) is 0. The molecule has 0 fully saturated rings. The van der Waals surface area contributed by atoms with Gasteiger partial charge in [0.1, 0.15) is 5.75 Å². The van der Waals surface area contributed by atoms with Crippen LogP contribution >= 0.6 is 11.6 Å². The molecule has 3 aromatic rings. The highest BCUT2D eigenvalue weighted by Gasteiger charge is 2.06. The van der Waals surface area contributed by atoms with Crippen molar-refractivity contribution in [3.63, 3.8) is 0 Å². The summed E-state index contributed by atoms with van der Waals surface area (Å²) in [4.78, 5) is 16.5. The van der Waals surface area contributed by atoms with E-state index in [1.807, 2.05) is 30.3 Å². The lowest BCUT2D eigenvalue weighted by molar-refractivity contribution is -0.111. The van der Waals surface area contributed by atoms with Crippen molar-refractivity contribution in [2.75, 3.05) is 12.4 Å². The fourth-order valence-corrected chi connectivity index (χ4v) is 2.41. The fraction of sp³-hybridized carbons (Fsp3) is 0.0526. The van der Waals surface area contributed by atoms with Crippen LogP contribution in [0, 0.1) is 0 Å². The smallest absolute Gasteiger partial charge is 0.248 e. The van der Waals surface area contributed by atoms with Gasteiger partial charge in [-0.05, 0) is 48.0 Å². The quantitative estimate of drug-likeness (QED) is 0.710. The molecule has 1 heterocycles. The number of methoxy groups -OCH3 is 1. The van der Waals surface area contributed by atoms with Crippen molar-refractivity contribution in [3.05, 3.63) is 71.4 Å². The third-order valence-corrected chi connectivity index (χ3v) is 3.76. The van der Waals surface area contributed by atoms with Crippen LogP contribution in [0.3, 0.4) is 0 Å². The molecule has 0 aliphatic rings. The molecule has 0 atom stereocenters. The summed E-state index contributed by atoms with van der Waals surface area (Å²) < 4.78 is 5.23. The Balaban J connectivity index is 1.81. The number of amides is 1. The topological polar surface area (TPSA) is 51.2 Å². The molecule has 24 heavy (non-hydrogen) atoms. The maximum atomic E-state index is 12.2. The molecular formula is C19H15ClN2O2. The van der Waals surface area contributed by atoms with Crippen LogP contribution < -0.4 is 10.1 Å². The zero-order valence-corrected chi connectivity index (χ0v) is 13.7. The summed E-state index contributed by atoms with van der Waals surface area (Å²) >= 11 is 5.84. The molecule has 0 saturated carbocycles. The van der Waals surface area contributed by atoms with E-state index in [1.54, 1.807) is 37.6 Å². The largest absolute Gasteiger partial charge is 0.497 e. The lowest BCUT2D eigenvalue weighted by Gasteiger charge is -2.08. The highest BCUT2D eigenvalue weighted by Crippen LogP contribution is 2.25. The Labute approximate surface area is 144 Å². The third-order valence-electron chi connectivity index (χ3n) is 3.50. The molecule has 0 aliphatic carbocycles. The average molecular weight is 339 g/mol. The molecule has 0 bridgehead atoms. The van der Waals surface area contributed by atoms with Gasteiger partial charge in [0.25, 0.3) is 0 Å². The summed E-state index contributed by atoms with van der Waals surface area (Å²) in [6.07, 6.45) is 4.87. The van der Waals surface area contributed by atoms with Crippen molar-refractivity contribution >= 4 is 40.2 Å². The molecule has 120 valence electrons. The average Bonchev–Trinajstić information content (AvgIpc) is 2.61. The molecule has 1 N–H and O–H groups in total. The SMILES string of the molecule is COc1ccc2nccc(NC(=O)/C=C/c3ccc(Cl)cc3)c2c1. The second-order valence-corrected chi connectivity index (χ2v) is 5.55. The van der Waals surface area contributed by atoms with E-state index >= 15 is 0 Å². The Morgan fingerprint density at radius 1 is 1.17 bits per heavy atom. The number of hydrogen-bond acceptors (Lipinski definition) is 3. The van der Waals surface area contributed by atoms with Gasteiger partial charge in [-0.2, -0.15) is 0 Å². The lowest BCUT2D eigenvalue weighted by atomic mass is 10.1. The van der Waals surface area contributed by atoms with Crippen molar-refractivity contribution in [2.24, 2.45) is 0 Å². The molecule has 0 spiro atoms. The van der Waals surface area contributed by atoms with Crippen molar-refractivity contribution < 1.29 is 9.53 Å². The number of fused-ring (bicyclic) bond motifs is 1. The number of rotatable bonds is 4. The first kappa shape index (κ1) is 16.0. The molecule has 1 aromatic heterocycles. The number of hydrogen-bond donors (Lipinski definition) is 1. The molecular weight excluding hydrogens is 324 g/mol. The van der Waals surface area contributed by atoms with Crippen LogP contribution in [0.1, 0.15) is 5.56 Å².